The van der Waals surface area contributed by atoms with E-state index in [9.17, 15) is 13.2 Å². The largest absolute Gasteiger partial charge is 0.411 e. The van der Waals surface area contributed by atoms with Crippen molar-refractivity contribution < 1.29 is 17.9 Å². The molecule has 0 saturated heterocycles. The predicted molar refractivity (Wildman–Crippen MR) is 62.3 cm³/mol. The molecule has 17 heavy (non-hydrogen) atoms. The standard InChI is InChI=1S/C11H16F3NOS/c1-8-3-6-17-10(8)9(2)15-4-5-16-7-11(12,13)14/h3,6,9,15H,4-5,7H2,1-2H3. The van der Waals surface area contributed by atoms with Gasteiger partial charge in [-0.1, -0.05) is 0 Å². The van der Waals surface area contributed by atoms with Crippen molar-refractivity contribution in [3.05, 3.63) is 21.9 Å². The molecule has 1 rings (SSSR count). The number of halogens is 3. The summed E-state index contributed by atoms with van der Waals surface area (Å²) < 4.78 is 39.8. The molecule has 0 saturated carbocycles. The van der Waals surface area contributed by atoms with Crippen LogP contribution in [0.5, 0.6) is 0 Å². The van der Waals surface area contributed by atoms with E-state index in [-0.39, 0.29) is 12.6 Å². The van der Waals surface area contributed by atoms with Crippen molar-refractivity contribution in [2.75, 3.05) is 19.8 Å². The third-order valence-electron chi connectivity index (χ3n) is 2.26. The molecule has 1 atom stereocenters. The molecule has 1 N–H and O–H groups in total. The van der Waals surface area contributed by atoms with Crippen molar-refractivity contribution in [1.29, 1.82) is 0 Å². The zero-order valence-electron chi connectivity index (χ0n) is 9.80. The van der Waals surface area contributed by atoms with E-state index in [4.69, 9.17) is 0 Å². The molecule has 1 heterocycles. The van der Waals surface area contributed by atoms with Crippen molar-refractivity contribution in [3.8, 4) is 0 Å². The molecule has 0 radical (unpaired) electrons. The molecule has 1 aromatic heterocycles. The van der Waals surface area contributed by atoms with Crippen LogP contribution >= 0.6 is 11.3 Å². The average Bonchev–Trinajstić information content (AvgIpc) is 2.62. The van der Waals surface area contributed by atoms with Crippen LogP contribution in [0.1, 0.15) is 23.4 Å². The van der Waals surface area contributed by atoms with Crippen LogP contribution in [0.15, 0.2) is 11.4 Å². The Morgan fingerprint density at radius 3 is 2.71 bits per heavy atom. The molecule has 0 aromatic carbocycles. The normalized spacial score (nSPS) is 13.9. The highest BCUT2D eigenvalue weighted by Gasteiger charge is 2.27. The van der Waals surface area contributed by atoms with Crippen molar-refractivity contribution in [3.63, 3.8) is 0 Å². The zero-order valence-corrected chi connectivity index (χ0v) is 10.6. The molecule has 6 heteroatoms. The minimum atomic E-state index is -4.24. The van der Waals surface area contributed by atoms with Crippen LogP contribution in [0, 0.1) is 6.92 Å². The topological polar surface area (TPSA) is 21.3 Å². The van der Waals surface area contributed by atoms with Gasteiger partial charge in [0.15, 0.2) is 0 Å². The summed E-state index contributed by atoms with van der Waals surface area (Å²) in [6.07, 6.45) is -4.24. The number of aryl methyl sites for hydroxylation is 1. The first-order valence-electron chi connectivity index (χ1n) is 5.32. The van der Waals surface area contributed by atoms with E-state index >= 15 is 0 Å². The van der Waals surface area contributed by atoms with Gasteiger partial charge in [-0.25, -0.2) is 0 Å². The summed E-state index contributed by atoms with van der Waals surface area (Å²) in [5.74, 6) is 0. The smallest absolute Gasteiger partial charge is 0.371 e. The summed E-state index contributed by atoms with van der Waals surface area (Å²) in [7, 11) is 0. The lowest BCUT2D eigenvalue weighted by Crippen LogP contribution is -2.25. The number of nitrogens with one attached hydrogen (secondary N) is 1. The molecule has 1 aromatic rings. The second kappa shape index (κ2) is 6.37. The van der Waals surface area contributed by atoms with Crippen LogP contribution in [0.2, 0.25) is 0 Å². The van der Waals surface area contributed by atoms with E-state index in [1.807, 2.05) is 25.3 Å². The highest BCUT2D eigenvalue weighted by Crippen LogP contribution is 2.23. The lowest BCUT2D eigenvalue weighted by molar-refractivity contribution is -0.173. The second-order valence-electron chi connectivity index (χ2n) is 3.81. The number of hydrogen-bond acceptors (Lipinski definition) is 3. The van der Waals surface area contributed by atoms with Gasteiger partial charge in [0.1, 0.15) is 6.61 Å². The van der Waals surface area contributed by atoms with E-state index in [1.54, 1.807) is 11.3 Å². The summed E-state index contributed by atoms with van der Waals surface area (Å²) in [5, 5.41) is 5.13. The minimum Gasteiger partial charge on any atom is -0.371 e. The SMILES string of the molecule is Cc1ccsc1C(C)NCCOCC(F)(F)F. The maximum atomic E-state index is 11.8. The Morgan fingerprint density at radius 2 is 2.18 bits per heavy atom. The lowest BCUT2D eigenvalue weighted by Gasteiger charge is -2.14. The third kappa shape index (κ3) is 5.52. The van der Waals surface area contributed by atoms with Gasteiger partial charge in [0.25, 0.3) is 0 Å². The van der Waals surface area contributed by atoms with Gasteiger partial charge in [0.05, 0.1) is 6.61 Å². The first kappa shape index (κ1) is 14.5. The summed E-state index contributed by atoms with van der Waals surface area (Å²) in [6.45, 7) is 3.30. The Bertz CT molecular complexity index is 338. The lowest BCUT2D eigenvalue weighted by atomic mass is 10.2. The molecular formula is C11H16F3NOS. The predicted octanol–water partition coefficient (Wildman–Crippen LogP) is 3.29. The Hall–Kier alpha value is -0.590. The highest BCUT2D eigenvalue weighted by molar-refractivity contribution is 7.10. The van der Waals surface area contributed by atoms with Crippen molar-refractivity contribution >= 4 is 11.3 Å². The monoisotopic (exact) mass is 267 g/mol. The molecule has 0 aliphatic rings. The van der Waals surface area contributed by atoms with Gasteiger partial charge in [-0.3, -0.25) is 0 Å². The van der Waals surface area contributed by atoms with Gasteiger partial charge < -0.3 is 10.1 Å². The average molecular weight is 267 g/mol. The molecule has 0 fully saturated rings. The van der Waals surface area contributed by atoms with E-state index < -0.39 is 12.8 Å². The van der Waals surface area contributed by atoms with Gasteiger partial charge in [-0.15, -0.1) is 11.3 Å². The van der Waals surface area contributed by atoms with Crippen LogP contribution < -0.4 is 5.32 Å². The zero-order chi connectivity index (χ0) is 12.9. The number of rotatable bonds is 6. The van der Waals surface area contributed by atoms with Crippen LogP contribution in [0.4, 0.5) is 13.2 Å². The molecule has 0 aliphatic carbocycles. The second-order valence-corrected chi connectivity index (χ2v) is 4.76. The maximum Gasteiger partial charge on any atom is 0.411 e. The Labute approximate surface area is 103 Å². The van der Waals surface area contributed by atoms with Crippen molar-refractivity contribution in [1.82, 2.24) is 5.32 Å². The van der Waals surface area contributed by atoms with E-state index in [1.165, 1.54) is 10.4 Å². The Kier molecular flexibility index (Phi) is 5.42. The minimum absolute atomic E-state index is 0.0638. The van der Waals surface area contributed by atoms with Crippen molar-refractivity contribution in [2.24, 2.45) is 0 Å². The van der Waals surface area contributed by atoms with Gasteiger partial charge in [-0.2, -0.15) is 13.2 Å². The summed E-state index contributed by atoms with van der Waals surface area (Å²) in [4.78, 5) is 1.21. The molecule has 98 valence electrons. The number of alkyl halides is 3. The summed E-state index contributed by atoms with van der Waals surface area (Å²) in [6, 6.07) is 2.17. The van der Waals surface area contributed by atoms with E-state index in [0.29, 0.717) is 6.54 Å². The summed E-state index contributed by atoms with van der Waals surface area (Å²) in [5.41, 5.74) is 1.20. The molecule has 0 bridgehead atoms. The van der Waals surface area contributed by atoms with Crippen LogP contribution in [-0.4, -0.2) is 25.9 Å². The molecular weight excluding hydrogens is 251 g/mol. The third-order valence-corrected chi connectivity index (χ3v) is 3.46. The Morgan fingerprint density at radius 1 is 1.47 bits per heavy atom. The molecule has 2 nitrogen and oxygen atoms in total. The fraction of sp³-hybridized carbons (Fsp3) is 0.636. The molecule has 0 spiro atoms. The first-order chi connectivity index (χ1) is 7.90. The number of thiophene rings is 1. The molecule has 0 aliphatic heterocycles. The van der Waals surface area contributed by atoms with Gasteiger partial charge in [0, 0.05) is 17.5 Å². The number of ether oxygens (including phenoxy) is 1. The fourth-order valence-electron chi connectivity index (χ4n) is 1.46. The molecule has 1 unspecified atom stereocenters. The van der Waals surface area contributed by atoms with Crippen LogP contribution in [0.25, 0.3) is 0 Å². The van der Waals surface area contributed by atoms with E-state index in [0.717, 1.165) is 0 Å². The van der Waals surface area contributed by atoms with Crippen molar-refractivity contribution in [2.45, 2.75) is 26.1 Å². The van der Waals surface area contributed by atoms with Crippen LogP contribution in [0.3, 0.4) is 0 Å². The van der Waals surface area contributed by atoms with Crippen LogP contribution in [-0.2, 0) is 4.74 Å². The fourth-order valence-corrected chi connectivity index (χ4v) is 2.42. The van der Waals surface area contributed by atoms with Gasteiger partial charge in [-0.05, 0) is 30.9 Å². The summed E-state index contributed by atoms with van der Waals surface area (Å²) >= 11 is 1.64. The number of hydrogen-bond donors (Lipinski definition) is 1. The first-order valence-corrected chi connectivity index (χ1v) is 6.20. The highest BCUT2D eigenvalue weighted by atomic mass is 32.1. The Balaban J connectivity index is 2.17. The maximum absolute atomic E-state index is 11.8. The van der Waals surface area contributed by atoms with Gasteiger partial charge in [0.2, 0.25) is 0 Å². The quantitative estimate of drug-likeness (QED) is 0.799. The van der Waals surface area contributed by atoms with Gasteiger partial charge >= 0.3 is 6.18 Å². The van der Waals surface area contributed by atoms with E-state index in [2.05, 4.69) is 10.1 Å². The molecule has 0 amide bonds.